The Hall–Kier alpha value is -4.13. The molecule has 0 heterocycles. The first kappa shape index (κ1) is 28.4. The van der Waals surface area contributed by atoms with E-state index in [1.807, 2.05) is 84.9 Å². The van der Waals surface area contributed by atoms with Gasteiger partial charge < -0.3 is 19.5 Å². The molecular formula is C31H35NO6. The van der Waals surface area contributed by atoms with Gasteiger partial charge in [-0.25, -0.2) is 9.59 Å². The Labute approximate surface area is 224 Å². The molecule has 0 aliphatic heterocycles. The van der Waals surface area contributed by atoms with Crippen molar-refractivity contribution in [3.8, 4) is 0 Å². The van der Waals surface area contributed by atoms with E-state index < -0.39 is 30.0 Å². The van der Waals surface area contributed by atoms with Gasteiger partial charge in [-0.15, -0.1) is 0 Å². The first-order chi connectivity index (χ1) is 18.3. The quantitative estimate of drug-likeness (QED) is 0.250. The molecule has 3 aromatic carbocycles. The van der Waals surface area contributed by atoms with Crippen molar-refractivity contribution in [2.75, 3.05) is 6.61 Å². The lowest BCUT2D eigenvalue weighted by Gasteiger charge is -2.19. The SMILES string of the molecule is CC(C)Cc1ccc(C(C)C(=O)OC[C@H](NC(=O)OCc2ccccc2)C(=O)OCc2ccccc2)cc1. The number of benzene rings is 3. The average molecular weight is 518 g/mol. The van der Waals surface area contributed by atoms with Gasteiger partial charge >= 0.3 is 18.0 Å². The van der Waals surface area contributed by atoms with E-state index in [1.165, 1.54) is 5.56 Å². The molecule has 7 nitrogen and oxygen atoms in total. The summed E-state index contributed by atoms with van der Waals surface area (Å²) < 4.78 is 16.1. The van der Waals surface area contributed by atoms with E-state index >= 15 is 0 Å². The second-order valence-electron chi connectivity index (χ2n) is 9.54. The summed E-state index contributed by atoms with van der Waals surface area (Å²) in [6.45, 7) is 5.71. The maximum Gasteiger partial charge on any atom is 0.408 e. The molecule has 0 radical (unpaired) electrons. The molecule has 0 spiro atoms. The first-order valence-electron chi connectivity index (χ1n) is 12.7. The lowest BCUT2D eigenvalue weighted by atomic mass is 9.97. The number of carbonyl (C=O) groups is 3. The predicted octanol–water partition coefficient (Wildman–Crippen LogP) is 5.57. The molecule has 0 saturated heterocycles. The van der Waals surface area contributed by atoms with E-state index in [-0.39, 0.29) is 19.8 Å². The third-order valence-electron chi connectivity index (χ3n) is 5.88. The van der Waals surface area contributed by atoms with Crippen molar-refractivity contribution in [3.05, 3.63) is 107 Å². The summed E-state index contributed by atoms with van der Waals surface area (Å²) in [6.07, 6.45) is 0.137. The highest BCUT2D eigenvalue weighted by molar-refractivity contribution is 5.82. The largest absolute Gasteiger partial charge is 0.462 e. The first-order valence-corrected chi connectivity index (χ1v) is 12.7. The van der Waals surface area contributed by atoms with Gasteiger partial charge in [0.1, 0.15) is 19.8 Å². The van der Waals surface area contributed by atoms with Gasteiger partial charge in [0.2, 0.25) is 0 Å². The molecule has 3 rings (SSSR count). The molecule has 0 aromatic heterocycles. The van der Waals surface area contributed by atoms with E-state index in [9.17, 15) is 14.4 Å². The Morgan fingerprint density at radius 2 is 1.21 bits per heavy atom. The van der Waals surface area contributed by atoms with Crippen LogP contribution in [0.4, 0.5) is 4.79 Å². The number of esters is 2. The van der Waals surface area contributed by atoms with Crippen molar-refractivity contribution >= 4 is 18.0 Å². The summed E-state index contributed by atoms with van der Waals surface area (Å²) in [5.74, 6) is -1.26. The number of hydrogen-bond acceptors (Lipinski definition) is 6. The van der Waals surface area contributed by atoms with Crippen LogP contribution in [0.3, 0.4) is 0 Å². The number of carbonyl (C=O) groups excluding carboxylic acids is 3. The summed E-state index contributed by atoms with van der Waals surface area (Å²) in [5, 5.41) is 2.47. The minimum atomic E-state index is -1.23. The highest BCUT2D eigenvalue weighted by Crippen LogP contribution is 2.19. The maximum atomic E-state index is 12.8. The Morgan fingerprint density at radius 1 is 0.658 bits per heavy atom. The summed E-state index contributed by atoms with van der Waals surface area (Å²) in [7, 11) is 0. The van der Waals surface area contributed by atoms with Crippen LogP contribution < -0.4 is 5.32 Å². The molecule has 0 saturated carbocycles. The van der Waals surface area contributed by atoms with Crippen LogP contribution in [0.5, 0.6) is 0 Å². The predicted molar refractivity (Wildman–Crippen MR) is 144 cm³/mol. The third kappa shape index (κ3) is 9.39. The summed E-state index contributed by atoms with van der Waals surface area (Å²) in [4.78, 5) is 38.0. The lowest BCUT2D eigenvalue weighted by Crippen LogP contribution is -2.45. The van der Waals surface area contributed by atoms with Gasteiger partial charge in [0, 0.05) is 0 Å². The monoisotopic (exact) mass is 517 g/mol. The summed E-state index contributed by atoms with van der Waals surface area (Å²) >= 11 is 0. The van der Waals surface area contributed by atoms with Crippen molar-refractivity contribution in [2.45, 2.75) is 52.4 Å². The van der Waals surface area contributed by atoms with Crippen LogP contribution >= 0.6 is 0 Å². The average Bonchev–Trinajstić information content (AvgIpc) is 2.93. The molecule has 0 fully saturated rings. The number of nitrogens with one attached hydrogen (secondary N) is 1. The zero-order valence-corrected chi connectivity index (χ0v) is 22.1. The standard InChI is InChI=1S/C31H35NO6/c1-22(2)18-24-14-16-27(17-15-24)23(3)29(33)37-21-28(30(34)36-19-25-10-6-4-7-11-25)32-31(35)38-20-26-12-8-5-9-13-26/h4-17,22-23,28H,18-21H2,1-3H3,(H,32,35)/t23?,28-/m0/s1. The van der Waals surface area contributed by atoms with Crippen LogP contribution in [0.1, 0.15) is 48.9 Å². The highest BCUT2D eigenvalue weighted by Gasteiger charge is 2.27. The van der Waals surface area contributed by atoms with Crippen molar-refractivity contribution in [2.24, 2.45) is 5.92 Å². The Kier molecular flexibility index (Phi) is 10.9. The van der Waals surface area contributed by atoms with Crippen molar-refractivity contribution in [3.63, 3.8) is 0 Å². The van der Waals surface area contributed by atoms with E-state index in [1.54, 1.807) is 6.92 Å². The lowest BCUT2D eigenvalue weighted by molar-refractivity contribution is -0.153. The van der Waals surface area contributed by atoms with Gasteiger partial charge in [0.25, 0.3) is 0 Å². The van der Waals surface area contributed by atoms with Crippen LogP contribution in [0.15, 0.2) is 84.9 Å². The van der Waals surface area contributed by atoms with Crippen LogP contribution in [0.25, 0.3) is 0 Å². The van der Waals surface area contributed by atoms with Crippen LogP contribution in [-0.4, -0.2) is 30.7 Å². The number of hydrogen-bond donors (Lipinski definition) is 1. The fourth-order valence-electron chi connectivity index (χ4n) is 3.75. The molecule has 38 heavy (non-hydrogen) atoms. The second kappa shape index (κ2) is 14.6. The van der Waals surface area contributed by atoms with Crippen molar-refractivity contribution in [1.29, 1.82) is 0 Å². The molecular weight excluding hydrogens is 482 g/mol. The molecule has 1 amide bonds. The number of rotatable bonds is 12. The molecule has 1 unspecified atom stereocenters. The van der Waals surface area contributed by atoms with Gasteiger partial charge in [0.15, 0.2) is 6.04 Å². The Morgan fingerprint density at radius 3 is 1.76 bits per heavy atom. The molecule has 0 aliphatic rings. The Balaban J connectivity index is 1.59. The zero-order chi connectivity index (χ0) is 27.3. The van der Waals surface area contributed by atoms with E-state index in [0.717, 1.165) is 23.1 Å². The molecule has 2 atom stereocenters. The zero-order valence-electron chi connectivity index (χ0n) is 22.1. The van der Waals surface area contributed by atoms with E-state index in [0.29, 0.717) is 5.92 Å². The van der Waals surface area contributed by atoms with Gasteiger partial charge in [0.05, 0.1) is 5.92 Å². The van der Waals surface area contributed by atoms with E-state index in [4.69, 9.17) is 14.2 Å². The second-order valence-corrected chi connectivity index (χ2v) is 9.54. The topological polar surface area (TPSA) is 90.9 Å². The van der Waals surface area contributed by atoms with Gasteiger partial charge in [-0.05, 0) is 41.5 Å². The van der Waals surface area contributed by atoms with Crippen molar-refractivity contribution in [1.82, 2.24) is 5.32 Å². The fraction of sp³-hybridized carbons (Fsp3) is 0.323. The number of amides is 1. The number of ether oxygens (including phenoxy) is 3. The van der Waals surface area contributed by atoms with Crippen LogP contribution in [-0.2, 0) is 43.4 Å². The smallest absolute Gasteiger partial charge is 0.408 e. The molecule has 200 valence electrons. The molecule has 1 N–H and O–H groups in total. The third-order valence-corrected chi connectivity index (χ3v) is 5.88. The summed E-state index contributed by atoms with van der Waals surface area (Å²) in [5.41, 5.74) is 3.59. The minimum absolute atomic E-state index is 0.0178. The van der Waals surface area contributed by atoms with E-state index in [2.05, 4.69) is 19.2 Å². The molecule has 3 aromatic rings. The normalized spacial score (nSPS) is 12.3. The Bertz CT molecular complexity index is 1160. The van der Waals surface area contributed by atoms with Crippen LogP contribution in [0, 0.1) is 5.92 Å². The minimum Gasteiger partial charge on any atom is -0.462 e. The van der Waals surface area contributed by atoms with Crippen LogP contribution in [0.2, 0.25) is 0 Å². The van der Waals surface area contributed by atoms with Crippen molar-refractivity contribution < 1.29 is 28.6 Å². The maximum absolute atomic E-state index is 12.8. The van der Waals surface area contributed by atoms with Gasteiger partial charge in [-0.3, -0.25) is 4.79 Å². The molecule has 0 bridgehead atoms. The molecule has 7 heteroatoms. The summed E-state index contributed by atoms with van der Waals surface area (Å²) in [6, 6.07) is 24.9. The number of alkyl carbamates (subject to hydrolysis) is 1. The van der Waals surface area contributed by atoms with Gasteiger partial charge in [-0.2, -0.15) is 0 Å². The fourth-order valence-corrected chi connectivity index (χ4v) is 3.75. The molecule has 0 aliphatic carbocycles. The van der Waals surface area contributed by atoms with Gasteiger partial charge in [-0.1, -0.05) is 98.8 Å². The highest BCUT2D eigenvalue weighted by atomic mass is 16.6.